The van der Waals surface area contributed by atoms with Gasteiger partial charge in [0.15, 0.2) is 5.82 Å². The molecule has 0 unspecified atom stereocenters. The summed E-state index contributed by atoms with van der Waals surface area (Å²) in [5.74, 6) is -0.943. The monoisotopic (exact) mass is 336 g/mol. The molecule has 0 aromatic carbocycles. The topological polar surface area (TPSA) is 42.0 Å². The van der Waals surface area contributed by atoms with Gasteiger partial charge in [-0.15, -0.1) is 0 Å². The average molecular weight is 336 g/mol. The first-order valence-corrected chi connectivity index (χ1v) is 6.72. The van der Waals surface area contributed by atoms with Crippen molar-refractivity contribution in [2.75, 3.05) is 11.0 Å². The van der Waals surface area contributed by atoms with E-state index in [9.17, 15) is 9.18 Å². The Morgan fingerprint density at radius 1 is 1.44 bits per heavy atom. The quantitative estimate of drug-likeness (QED) is 0.493. The predicted molar refractivity (Wildman–Crippen MR) is 69.3 cm³/mol. The molecule has 1 aromatic rings. The Morgan fingerprint density at radius 3 is 2.94 bits per heavy atom. The van der Waals surface area contributed by atoms with Gasteiger partial charge in [-0.2, -0.15) is 0 Å². The van der Waals surface area contributed by atoms with Crippen LogP contribution in [0.2, 0.25) is 0 Å². The van der Waals surface area contributed by atoms with E-state index < -0.39 is 5.82 Å². The van der Waals surface area contributed by atoms with Crippen molar-refractivity contribution in [3.05, 3.63) is 29.8 Å². The van der Waals surface area contributed by atoms with Gasteiger partial charge in [-0.3, -0.25) is 9.78 Å². The van der Waals surface area contributed by atoms with Crippen molar-refractivity contribution in [1.29, 1.82) is 0 Å². The molecule has 5 heteroatoms. The van der Waals surface area contributed by atoms with Crippen molar-refractivity contribution in [2.45, 2.75) is 19.3 Å². The number of rotatable bonds is 6. The zero-order chi connectivity index (χ0) is 11.8. The summed E-state index contributed by atoms with van der Waals surface area (Å²) in [6, 6.07) is 1.38. The fraction of sp³-hybridized carbons (Fsp3) is 0.455. The van der Waals surface area contributed by atoms with Crippen LogP contribution in [0.1, 0.15) is 29.6 Å². The minimum atomic E-state index is -0.577. The standard InChI is InChI=1S/C11H14FIN2O/c12-10-8-14-7-4-9(10)11(16)15-6-3-1-2-5-13/h4,7-8H,1-3,5-6H2,(H,15,16). The molecule has 1 amide bonds. The Morgan fingerprint density at radius 2 is 2.25 bits per heavy atom. The Hall–Kier alpha value is -0.720. The minimum Gasteiger partial charge on any atom is -0.352 e. The van der Waals surface area contributed by atoms with Gasteiger partial charge in [0.2, 0.25) is 0 Å². The zero-order valence-corrected chi connectivity index (χ0v) is 11.0. The smallest absolute Gasteiger partial charge is 0.254 e. The first-order valence-electron chi connectivity index (χ1n) is 5.19. The predicted octanol–water partition coefficient (Wildman–Crippen LogP) is 2.56. The second-order valence-electron chi connectivity index (χ2n) is 3.36. The van der Waals surface area contributed by atoms with Crippen molar-refractivity contribution in [2.24, 2.45) is 0 Å². The van der Waals surface area contributed by atoms with Gasteiger partial charge in [-0.05, 0) is 23.3 Å². The number of halogens is 2. The van der Waals surface area contributed by atoms with Crippen molar-refractivity contribution in [3.63, 3.8) is 0 Å². The maximum atomic E-state index is 13.1. The minimum absolute atomic E-state index is 0.0592. The first-order chi connectivity index (χ1) is 7.75. The van der Waals surface area contributed by atoms with E-state index in [2.05, 4.69) is 32.9 Å². The molecule has 88 valence electrons. The van der Waals surface area contributed by atoms with Crippen LogP contribution in [0.15, 0.2) is 18.5 Å². The number of carbonyl (C=O) groups is 1. The highest BCUT2D eigenvalue weighted by atomic mass is 127. The van der Waals surface area contributed by atoms with E-state index in [-0.39, 0.29) is 11.5 Å². The fourth-order valence-corrected chi connectivity index (χ4v) is 1.79. The maximum Gasteiger partial charge on any atom is 0.254 e. The van der Waals surface area contributed by atoms with E-state index >= 15 is 0 Å². The molecule has 0 spiro atoms. The highest BCUT2D eigenvalue weighted by Gasteiger charge is 2.09. The van der Waals surface area contributed by atoms with Crippen molar-refractivity contribution >= 4 is 28.5 Å². The summed E-state index contributed by atoms with van der Waals surface area (Å²) in [5.41, 5.74) is 0.0592. The fourth-order valence-electron chi connectivity index (χ4n) is 1.25. The molecule has 1 aromatic heterocycles. The Balaban J connectivity index is 2.33. The zero-order valence-electron chi connectivity index (χ0n) is 8.88. The van der Waals surface area contributed by atoms with Crippen LogP contribution in [0.5, 0.6) is 0 Å². The molecule has 0 saturated carbocycles. The van der Waals surface area contributed by atoms with E-state index in [4.69, 9.17) is 0 Å². The van der Waals surface area contributed by atoms with Crippen molar-refractivity contribution < 1.29 is 9.18 Å². The van der Waals surface area contributed by atoms with Crippen LogP contribution >= 0.6 is 22.6 Å². The van der Waals surface area contributed by atoms with E-state index in [0.717, 1.165) is 29.9 Å². The third kappa shape index (κ3) is 4.42. The molecule has 0 bridgehead atoms. The molecule has 0 atom stereocenters. The van der Waals surface area contributed by atoms with E-state index in [0.29, 0.717) is 6.54 Å². The largest absolute Gasteiger partial charge is 0.352 e. The molecule has 1 N–H and O–H groups in total. The molecule has 0 aliphatic rings. The molecular formula is C11H14FIN2O. The first kappa shape index (κ1) is 13.3. The molecule has 0 radical (unpaired) electrons. The summed E-state index contributed by atoms with van der Waals surface area (Å²) in [4.78, 5) is 15.1. The lowest BCUT2D eigenvalue weighted by molar-refractivity contribution is 0.0949. The number of hydrogen-bond acceptors (Lipinski definition) is 2. The molecule has 0 aliphatic carbocycles. The summed E-state index contributed by atoms with van der Waals surface area (Å²) in [6.45, 7) is 0.594. The number of amides is 1. The molecule has 0 aliphatic heterocycles. The van der Waals surface area contributed by atoms with Crippen LogP contribution in [0, 0.1) is 5.82 Å². The SMILES string of the molecule is O=C(NCCCCCI)c1ccncc1F. The van der Waals surface area contributed by atoms with Crippen LogP contribution in [0.3, 0.4) is 0 Å². The molecule has 0 saturated heterocycles. The number of nitrogens with zero attached hydrogens (tertiary/aromatic N) is 1. The lowest BCUT2D eigenvalue weighted by atomic mass is 10.2. The molecule has 0 fully saturated rings. The number of unbranched alkanes of at least 4 members (excludes halogenated alkanes) is 2. The summed E-state index contributed by atoms with van der Waals surface area (Å²) < 4.78 is 14.3. The average Bonchev–Trinajstić information content (AvgIpc) is 2.29. The molecule has 16 heavy (non-hydrogen) atoms. The van der Waals surface area contributed by atoms with Crippen LogP contribution in [-0.4, -0.2) is 21.9 Å². The van der Waals surface area contributed by atoms with Crippen molar-refractivity contribution in [1.82, 2.24) is 10.3 Å². The van der Waals surface area contributed by atoms with Crippen LogP contribution in [0.25, 0.3) is 0 Å². The van der Waals surface area contributed by atoms with Gasteiger partial charge in [-0.1, -0.05) is 29.0 Å². The normalized spacial score (nSPS) is 10.1. The Labute approximate surface area is 108 Å². The summed E-state index contributed by atoms with van der Waals surface area (Å²) >= 11 is 2.32. The summed E-state index contributed by atoms with van der Waals surface area (Å²) in [5, 5.41) is 2.69. The second-order valence-corrected chi connectivity index (χ2v) is 4.44. The Kier molecular flexibility index (Phi) is 6.29. The number of pyridine rings is 1. The number of aromatic nitrogens is 1. The van der Waals surface area contributed by atoms with E-state index in [1.165, 1.54) is 12.3 Å². The number of alkyl halides is 1. The number of nitrogens with one attached hydrogen (secondary N) is 1. The second kappa shape index (κ2) is 7.54. The number of carbonyl (C=O) groups excluding carboxylic acids is 1. The number of hydrogen-bond donors (Lipinski definition) is 1. The molecule has 1 heterocycles. The lowest BCUT2D eigenvalue weighted by Gasteiger charge is -2.05. The molecule has 1 rings (SSSR count). The summed E-state index contributed by atoms with van der Waals surface area (Å²) in [6.07, 6.45) is 5.63. The van der Waals surface area contributed by atoms with E-state index in [1.807, 2.05) is 0 Å². The van der Waals surface area contributed by atoms with Crippen LogP contribution in [0.4, 0.5) is 4.39 Å². The third-order valence-corrected chi connectivity index (χ3v) is 2.88. The highest BCUT2D eigenvalue weighted by Crippen LogP contribution is 2.04. The van der Waals surface area contributed by atoms with Gasteiger partial charge in [-0.25, -0.2) is 4.39 Å². The molecule has 3 nitrogen and oxygen atoms in total. The van der Waals surface area contributed by atoms with Gasteiger partial charge in [0, 0.05) is 12.7 Å². The summed E-state index contributed by atoms with van der Waals surface area (Å²) in [7, 11) is 0. The lowest BCUT2D eigenvalue weighted by Crippen LogP contribution is -2.25. The molecular weight excluding hydrogens is 322 g/mol. The third-order valence-electron chi connectivity index (χ3n) is 2.11. The van der Waals surface area contributed by atoms with Crippen LogP contribution < -0.4 is 5.32 Å². The van der Waals surface area contributed by atoms with Gasteiger partial charge in [0.25, 0.3) is 5.91 Å². The van der Waals surface area contributed by atoms with Gasteiger partial charge >= 0.3 is 0 Å². The Bertz CT molecular complexity index is 347. The van der Waals surface area contributed by atoms with Gasteiger partial charge in [0.05, 0.1) is 11.8 Å². The van der Waals surface area contributed by atoms with E-state index in [1.54, 1.807) is 0 Å². The maximum absolute atomic E-state index is 13.1. The van der Waals surface area contributed by atoms with Gasteiger partial charge in [0.1, 0.15) is 0 Å². The highest BCUT2D eigenvalue weighted by molar-refractivity contribution is 14.1. The van der Waals surface area contributed by atoms with Crippen molar-refractivity contribution in [3.8, 4) is 0 Å². The van der Waals surface area contributed by atoms with Gasteiger partial charge < -0.3 is 5.32 Å². The van der Waals surface area contributed by atoms with Crippen LogP contribution in [-0.2, 0) is 0 Å².